The molecule has 134 valence electrons. The molecule has 0 aliphatic heterocycles. The van der Waals surface area contributed by atoms with Gasteiger partial charge in [0.15, 0.2) is 5.11 Å². The molecule has 0 bridgehead atoms. The number of ether oxygens (including phenoxy) is 1. The molecule has 0 saturated heterocycles. The molecule has 1 heterocycles. The number of hydrogen-bond donors (Lipinski definition) is 2. The molecule has 1 amide bonds. The monoisotopic (exact) mass is 361 g/mol. The van der Waals surface area contributed by atoms with E-state index in [1.807, 2.05) is 24.3 Å². The van der Waals surface area contributed by atoms with Gasteiger partial charge in [0, 0.05) is 5.69 Å². The van der Waals surface area contributed by atoms with Gasteiger partial charge in [0.25, 0.3) is 5.91 Å². The molecule has 6 nitrogen and oxygen atoms in total. The fourth-order valence-corrected chi connectivity index (χ4v) is 2.41. The van der Waals surface area contributed by atoms with Crippen LogP contribution >= 0.6 is 12.2 Å². The molecule has 2 rings (SSSR count). The lowest BCUT2D eigenvalue weighted by atomic mass is 10.2. The van der Waals surface area contributed by atoms with Crippen LogP contribution in [-0.4, -0.2) is 22.8 Å². The number of anilines is 1. The van der Waals surface area contributed by atoms with Crippen molar-refractivity contribution < 1.29 is 14.1 Å². The number of aryl methyl sites for hydroxylation is 1. The molecule has 1 aromatic carbocycles. The highest BCUT2D eigenvalue weighted by atomic mass is 32.1. The Morgan fingerprint density at radius 2 is 2.00 bits per heavy atom. The van der Waals surface area contributed by atoms with Crippen molar-refractivity contribution in [3.05, 3.63) is 41.8 Å². The zero-order chi connectivity index (χ0) is 18.1. The number of unbranched alkanes of at least 4 members (excludes halogenated alkanes) is 3. The van der Waals surface area contributed by atoms with Gasteiger partial charge in [-0.1, -0.05) is 31.3 Å². The third-order valence-electron chi connectivity index (χ3n) is 3.60. The zero-order valence-corrected chi connectivity index (χ0v) is 15.3. The van der Waals surface area contributed by atoms with Crippen molar-refractivity contribution in [2.75, 3.05) is 11.9 Å². The van der Waals surface area contributed by atoms with E-state index in [0.717, 1.165) is 24.5 Å². The van der Waals surface area contributed by atoms with Gasteiger partial charge < -0.3 is 14.6 Å². The fraction of sp³-hybridized carbons (Fsp3) is 0.389. The fourth-order valence-electron chi connectivity index (χ4n) is 2.20. The maximum absolute atomic E-state index is 12.0. The van der Waals surface area contributed by atoms with Gasteiger partial charge in [-0.05, 0) is 49.8 Å². The predicted octanol–water partition coefficient (Wildman–Crippen LogP) is 4.07. The van der Waals surface area contributed by atoms with Gasteiger partial charge in [0.2, 0.25) is 0 Å². The standard InChI is InChI=1S/C18H23N3O3S/c1-3-4-5-6-11-23-15-9-7-14(8-10-15)19-18(25)20-17(22)16-12-24-21-13(16)2/h7-10,12H,3-6,11H2,1-2H3,(H2,19,20,22,25). The first-order valence-electron chi connectivity index (χ1n) is 8.36. The predicted molar refractivity (Wildman–Crippen MR) is 101 cm³/mol. The lowest BCUT2D eigenvalue weighted by Gasteiger charge is -2.10. The highest BCUT2D eigenvalue weighted by Crippen LogP contribution is 2.16. The van der Waals surface area contributed by atoms with E-state index in [1.165, 1.54) is 25.5 Å². The van der Waals surface area contributed by atoms with Crippen molar-refractivity contribution in [2.24, 2.45) is 0 Å². The maximum atomic E-state index is 12.0. The summed E-state index contributed by atoms with van der Waals surface area (Å²) < 4.78 is 10.4. The largest absolute Gasteiger partial charge is 0.494 e. The average molecular weight is 361 g/mol. The Kier molecular flexibility index (Phi) is 7.40. The van der Waals surface area contributed by atoms with Crippen LogP contribution in [0.1, 0.15) is 48.7 Å². The van der Waals surface area contributed by atoms with E-state index >= 15 is 0 Å². The number of aromatic nitrogens is 1. The molecule has 2 aromatic rings. The number of nitrogens with zero attached hydrogens (tertiary/aromatic N) is 1. The molecular weight excluding hydrogens is 338 g/mol. The molecule has 0 unspecified atom stereocenters. The zero-order valence-electron chi connectivity index (χ0n) is 14.5. The molecule has 0 atom stereocenters. The van der Waals surface area contributed by atoms with Crippen LogP contribution in [0.2, 0.25) is 0 Å². The summed E-state index contributed by atoms with van der Waals surface area (Å²) >= 11 is 5.15. The van der Waals surface area contributed by atoms with Crippen LogP contribution in [0.4, 0.5) is 5.69 Å². The number of amides is 1. The summed E-state index contributed by atoms with van der Waals surface area (Å²) in [6, 6.07) is 7.45. The summed E-state index contributed by atoms with van der Waals surface area (Å²) in [4.78, 5) is 12.0. The van der Waals surface area contributed by atoms with Gasteiger partial charge in [0.05, 0.1) is 12.3 Å². The minimum Gasteiger partial charge on any atom is -0.494 e. The van der Waals surface area contributed by atoms with Crippen molar-refractivity contribution in [1.29, 1.82) is 0 Å². The third-order valence-corrected chi connectivity index (χ3v) is 3.80. The summed E-state index contributed by atoms with van der Waals surface area (Å²) in [5, 5.41) is 9.42. The minimum atomic E-state index is -0.358. The van der Waals surface area contributed by atoms with Crippen molar-refractivity contribution in [3.8, 4) is 5.75 Å². The molecule has 7 heteroatoms. The molecule has 0 spiro atoms. The van der Waals surface area contributed by atoms with E-state index < -0.39 is 0 Å². The molecule has 0 fully saturated rings. The Morgan fingerprint density at radius 3 is 2.64 bits per heavy atom. The topological polar surface area (TPSA) is 76.4 Å². The first kappa shape index (κ1) is 18.9. The van der Waals surface area contributed by atoms with Gasteiger partial charge in [-0.15, -0.1) is 0 Å². The molecular formula is C18H23N3O3S. The molecule has 1 aromatic heterocycles. The average Bonchev–Trinajstić information content (AvgIpc) is 3.02. The molecule has 0 aliphatic rings. The number of thiocarbonyl (C=S) groups is 1. The van der Waals surface area contributed by atoms with Crippen LogP contribution < -0.4 is 15.4 Å². The van der Waals surface area contributed by atoms with E-state index in [0.29, 0.717) is 11.3 Å². The normalized spacial score (nSPS) is 10.3. The summed E-state index contributed by atoms with van der Waals surface area (Å²) in [6.07, 6.45) is 6.00. The Bertz CT molecular complexity index is 698. The number of rotatable bonds is 8. The smallest absolute Gasteiger partial charge is 0.262 e. The van der Waals surface area contributed by atoms with Crippen molar-refractivity contribution in [3.63, 3.8) is 0 Å². The van der Waals surface area contributed by atoms with Gasteiger partial charge in [-0.3, -0.25) is 10.1 Å². The Balaban J connectivity index is 1.77. The number of carbonyl (C=O) groups excluding carboxylic acids is 1. The van der Waals surface area contributed by atoms with Crippen LogP contribution in [-0.2, 0) is 0 Å². The molecule has 0 radical (unpaired) electrons. The van der Waals surface area contributed by atoms with Crippen LogP contribution in [0, 0.1) is 6.92 Å². The quantitative estimate of drug-likeness (QED) is 0.545. The second-order valence-corrected chi connectivity index (χ2v) is 6.06. The number of benzene rings is 1. The van der Waals surface area contributed by atoms with Crippen molar-refractivity contribution >= 4 is 28.9 Å². The van der Waals surface area contributed by atoms with E-state index in [9.17, 15) is 4.79 Å². The number of hydrogen-bond acceptors (Lipinski definition) is 5. The van der Waals surface area contributed by atoms with Crippen LogP contribution in [0.3, 0.4) is 0 Å². The minimum absolute atomic E-state index is 0.207. The molecule has 0 saturated carbocycles. The van der Waals surface area contributed by atoms with Gasteiger partial charge >= 0.3 is 0 Å². The first-order valence-corrected chi connectivity index (χ1v) is 8.77. The van der Waals surface area contributed by atoms with Crippen molar-refractivity contribution in [1.82, 2.24) is 10.5 Å². The van der Waals surface area contributed by atoms with E-state index in [1.54, 1.807) is 6.92 Å². The lowest BCUT2D eigenvalue weighted by Crippen LogP contribution is -2.34. The Hall–Kier alpha value is -2.41. The SMILES string of the molecule is CCCCCCOc1ccc(NC(=S)NC(=O)c2conc2C)cc1. The Labute approximate surface area is 152 Å². The van der Waals surface area contributed by atoms with Crippen LogP contribution in [0.25, 0.3) is 0 Å². The highest BCUT2D eigenvalue weighted by Gasteiger charge is 2.13. The number of carbonyl (C=O) groups is 1. The summed E-state index contributed by atoms with van der Waals surface area (Å²) in [5.41, 5.74) is 1.64. The second kappa shape index (κ2) is 9.78. The third kappa shape index (κ3) is 6.19. The number of nitrogens with one attached hydrogen (secondary N) is 2. The van der Waals surface area contributed by atoms with E-state index in [2.05, 4.69) is 22.7 Å². The van der Waals surface area contributed by atoms with Crippen LogP contribution in [0.5, 0.6) is 5.75 Å². The summed E-state index contributed by atoms with van der Waals surface area (Å²) in [5.74, 6) is 0.459. The molecule has 25 heavy (non-hydrogen) atoms. The van der Waals surface area contributed by atoms with E-state index in [4.69, 9.17) is 21.5 Å². The van der Waals surface area contributed by atoms with Crippen LogP contribution in [0.15, 0.2) is 35.1 Å². The summed E-state index contributed by atoms with van der Waals surface area (Å²) in [6.45, 7) is 4.60. The maximum Gasteiger partial charge on any atom is 0.262 e. The second-order valence-electron chi connectivity index (χ2n) is 5.66. The van der Waals surface area contributed by atoms with Gasteiger partial charge in [-0.25, -0.2) is 0 Å². The lowest BCUT2D eigenvalue weighted by molar-refractivity contribution is 0.0976. The summed E-state index contributed by atoms with van der Waals surface area (Å²) in [7, 11) is 0. The van der Waals surface area contributed by atoms with Crippen molar-refractivity contribution in [2.45, 2.75) is 39.5 Å². The highest BCUT2D eigenvalue weighted by molar-refractivity contribution is 7.80. The Morgan fingerprint density at radius 1 is 1.24 bits per heavy atom. The van der Waals surface area contributed by atoms with Gasteiger partial charge in [-0.2, -0.15) is 0 Å². The first-order chi connectivity index (χ1) is 12.1. The van der Waals surface area contributed by atoms with Gasteiger partial charge in [0.1, 0.15) is 17.6 Å². The molecule has 2 N–H and O–H groups in total. The van der Waals surface area contributed by atoms with E-state index in [-0.39, 0.29) is 11.0 Å². The molecule has 0 aliphatic carbocycles.